The molecule has 0 radical (unpaired) electrons. The van der Waals surface area contributed by atoms with Gasteiger partial charge in [-0.3, -0.25) is 10.1 Å². The van der Waals surface area contributed by atoms with Gasteiger partial charge >= 0.3 is 5.97 Å². The van der Waals surface area contributed by atoms with Crippen molar-refractivity contribution >= 4 is 23.3 Å². The Labute approximate surface area is 124 Å². The second-order valence-corrected chi connectivity index (χ2v) is 5.06. The maximum absolute atomic E-state index is 11.3. The molecule has 2 aromatic rings. The van der Waals surface area contributed by atoms with Gasteiger partial charge in [0.1, 0.15) is 10.7 Å². The van der Waals surface area contributed by atoms with E-state index in [1.165, 1.54) is 22.9 Å². The van der Waals surface area contributed by atoms with E-state index in [9.17, 15) is 20.0 Å². The molecule has 0 saturated carbocycles. The van der Waals surface area contributed by atoms with E-state index < -0.39 is 10.9 Å². The number of rotatable bonds is 4. The summed E-state index contributed by atoms with van der Waals surface area (Å²) in [6.45, 7) is 3.59. The molecule has 0 saturated heterocycles. The number of carboxylic acid groups (broad SMARTS) is 1. The summed E-state index contributed by atoms with van der Waals surface area (Å²) < 4.78 is 1.20. The average molecular weight is 310 g/mol. The number of carbonyl (C=O) groups is 1. The van der Waals surface area contributed by atoms with Crippen LogP contribution in [0, 0.1) is 10.1 Å². The van der Waals surface area contributed by atoms with E-state index in [0.717, 1.165) is 0 Å². The highest BCUT2D eigenvalue weighted by Crippen LogP contribution is 2.29. The zero-order valence-electron chi connectivity index (χ0n) is 11.3. The molecule has 1 aromatic carbocycles. The second kappa shape index (κ2) is 5.53. The number of aromatic carboxylic acids is 1. The lowest BCUT2D eigenvalue weighted by Crippen LogP contribution is -2.01. The van der Waals surface area contributed by atoms with E-state index in [1.807, 2.05) is 0 Å². The summed E-state index contributed by atoms with van der Waals surface area (Å²) in [5, 5.41) is 24.2. The number of carboxylic acids is 1. The number of hydrogen-bond acceptors (Lipinski definition) is 4. The smallest absolute Gasteiger partial charge is 0.340 e. The number of benzene rings is 1. The summed E-state index contributed by atoms with van der Waals surface area (Å²) in [6, 6.07) is 5.68. The van der Waals surface area contributed by atoms with Crippen molar-refractivity contribution in [3.8, 4) is 5.69 Å². The van der Waals surface area contributed by atoms with Crippen LogP contribution in [-0.2, 0) is 0 Å². The normalized spacial score (nSPS) is 10.9. The Hall–Kier alpha value is -2.41. The van der Waals surface area contributed by atoms with Crippen LogP contribution in [0.3, 0.4) is 0 Å². The van der Waals surface area contributed by atoms with Gasteiger partial charge in [-0.1, -0.05) is 31.5 Å². The Bertz CT molecular complexity index is 724. The topological polar surface area (TPSA) is 98.3 Å². The maximum Gasteiger partial charge on any atom is 0.340 e. The highest BCUT2D eigenvalue weighted by atomic mass is 35.5. The number of halogens is 1. The molecule has 1 N–H and O–H groups in total. The Morgan fingerprint density at radius 3 is 2.62 bits per heavy atom. The molecule has 0 fully saturated rings. The molecule has 7 nitrogen and oxygen atoms in total. The fourth-order valence-electron chi connectivity index (χ4n) is 1.92. The standard InChI is InChI=1S/C13H12ClN3O4/c1-7(2)11-10(13(18)19)12(14)16(15-11)8-4-3-5-9(6-8)17(20)21/h3-7H,1-2H3,(H,18,19). The first-order valence-electron chi connectivity index (χ1n) is 6.09. The van der Waals surface area contributed by atoms with Crippen molar-refractivity contribution in [2.24, 2.45) is 0 Å². The molecule has 0 amide bonds. The van der Waals surface area contributed by atoms with Gasteiger partial charge in [-0.25, -0.2) is 9.48 Å². The predicted molar refractivity (Wildman–Crippen MR) is 76.3 cm³/mol. The molecule has 0 aliphatic rings. The molecule has 8 heteroatoms. The predicted octanol–water partition coefficient (Wildman–Crippen LogP) is 3.26. The summed E-state index contributed by atoms with van der Waals surface area (Å²) in [5.74, 6) is -1.33. The van der Waals surface area contributed by atoms with Crippen LogP contribution in [0.2, 0.25) is 5.15 Å². The molecular weight excluding hydrogens is 298 g/mol. The molecule has 2 rings (SSSR count). The third-order valence-corrected chi connectivity index (χ3v) is 3.25. The van der Waals surface area contributed by atoms with E-state index >= 15 is 0 Å². The van der Waals surface area contributed by atoms with Crippen molar-refractivity contribution in [2.45, 2.75) is 19.8 Å². The number of nitro benzene ring substituents is 1. The lowest BCUT2D eigenvalue weighted by Gasteiger charge is -2.03. The largest absolute Gasteiger partial charge is 0.478 e. The second-order valence-electron chi connectivity index (χ2n) is 4.70. The van der Waals surface area contributed by atoms with Crippen molar-refractivity contribution in [3.63, 3.8) is 0 Å². The highest BCUT2D eigenvalue weighted by Gasteiger charge is 2.25. The lowest BCUT2D eigenvalue weighted by atomic mass is 10.1. The minimum atomic E-state index is -1.18. The molecule has 110 valence electrons. The van der Waals surface area contributed by atoms with Gasteiger partial charge in [-0.05, 0) is 12.0 Å². The first kappa shape index (κ1) is 15.0. The molecule has 21 heavy (non-hydrogen) atoms. The van der Waals surface area contributed by atoms with Crippen LogP contribution in [0.1, 0.15) is 35.8 Å². The zero-order valence-corrected chi connectivity index (χ0v) is 12.0. The number of aromatic nitrogens is 2. The van der Waals surface area contributed by atoms with Crippen LogP contribution in [0.5, 0.6) is 0 Å². The minimum absolute atomic E-state index is 0.0771. The van der Waals surface area contributed by atoms with Crippen LogP contribution < -0.4 is 0 Å². The van der Waals surface area contributed by atoms with Crippen LogP contribution in [0.25, 0.3) is 5.69 Å². The molecule has 0 aliphatic carbocycles. The van der Waals surface area contributed by atoms with E-state index in [2.05, 4.69) is 5.10 Å². The summed E-state index contributed by atoms with van der Waals surface area (Å²) in [4.78, 5) is 21.6. The van der Waals surface area contributed by atoms with E-state index in [1.54, 1.807) is 19.9 Å². The van der Waals surface area contributed by atoms with Crippen molar-refractivity contribution < 1.29 is 14.8 Å². The maximum atomic E-state index is 11.3. The van der Waals surface area contributed by atoms with Gasteiger partial charge < -0.3 is 5.11 Å². The summed E-state index contributed by atoms with van der Waals surface area (Å²) >= 11 is 6.08. The van der Waals surface area contributed by atoms with Crippen molar-refractivity contribution in [2.75, 3.05) is 0 Å². The lowest BCUT2D eigenvalue weighted by molar-refractivity contribution is -0.384. The SMILES string of the molecule is CC(C)c1nn(-c2cccc([N+](=O)[O-])c2)c(Cl)c1C(=O)O. The van der Waals surface area contributed by atoms with Gasteiger partial charge in [0, 0.05) is 12.1 Å². The quantitative estimate of drug-likeness (QED) is 0.690. The summed E-state index contributed by atoms with van der Waals surface area (Å²) in [6.07, 6.45) is 0. The molecule has 0 spiro atoms. The van der Waals surface area contributed by atoms with Gasteiger partial charge in [0.2, 0.25) is 0 Å². The van der Waals surface area contributed by atoms with Crippen molar-refractivity contribution in [1.29, 1.82) is 0 Å². The highest BCUT2D eigenvalue weighted by molar-refractivity contribution is 6.33. The van der Waals surface area contributed by atoms with Crippen molar-refractivity contribution in [3.05, 3.63) is 50.8 Å². The van der Waals surface area contributed by atoms with Gasteiger partial charge in [0.25, 0.3) is 5.69 Å². The van der Waals surface area contributed by atoms with Crippen molar-refractivity contribution in [1.82, 2.24) is 9.78 Å². The number of nitrogens with zero attached hydrogens (tertiary/aromatic N) is 3. The number of non-ortho nitro benzene ring substituents is 1. The first-order valence-corrected chi connectivity index (χ1v) is 6.47. The zero-order chi connectivity index (χ0) is 15.7. The molecule has 0 bridgehead atoms. The average Bonchev–Trinajstić information content (AvgIpc) is 2.76. The van der Waals surface area contributed by atoms with Crippen LogP contribution in [0.4, 0.5) is 5.69 Å². The molecule has 1 heterocycles. The van der Waals surface area contributed by atoms with Crippen LogP contribution in [0.15, 0.2) is 24.3 Å². The van der Waals surface area contributed by atoms with E-state index in [4.69, 9.17) is 11.6 Å². The molecule has 0 unspecified atom stereocenters. The van der Waals surface area contributed by atoms with E-state index in [0.29, 0.717) is 11.4 Å². The Balaban J connectivity index is 2.65. The van der Waals surface area contributed by atoms with Gasteiger partial charge in [0.05, 0.1) is 16.3 Å². The monoisotopic (exact) mass is 309 g/mol. The molecule has 0 atom stereocenters. The Kier molecular flexibility index (Phi) is 3.95. The van der Waals surface area contributed by atoms with Gasteiger partial charge in [0.15, 0.2) is 0 Å². The molecule has 0 aliphatic heterocycles. The summed E-state index contributed by atoms with van der Waals surface area (Å²) in [7, 11) is 0. The number of nitro groups is 1. The Morgan fingerprint density at radius 2 is 2.14 bits per heavy atom. The third kappa shape index (κ3) is 2.73. The third-order valence-electron chi connectivity index (χ3n) is 2.90. The fraction of sp³-hybridized carbons (Fsp3) is 0.231. The molecular formula is C13H12ClN3O4. The summed E-state index contributed by atoms with van der Waals surface area (Å²) in [5.41, 5.74) is 0.461. The van der Waals surface area contributed by atoms with Gasteiger partial charge in [-0.2, -0.15) is 5.10 Å². The first-order chi connectivity index (χ1) is 9.82. The fourth-order valence-corrected chi connectivity index (χ4v) is 2.24. The van der Waals surface area contributed by atoms with Crippen LogP contribution >= 0.6 is 11.6 Å². The minimum Gasteiger partial charge on any atom is -0.478 e. The van der Waals surface area contributed by atoms with Gasteiger partial charge in [-0.15, -0.1) is 0 Å². The number of hydrogen-bond donors (Lipinski definition) is 1. The Morgan fingerprint density at radius 1 is 1.48 bits per heavy atom. The van der Waals surface area contributed by atoms with Crippen LogP contribution in [-0.4, -0.2) is 25.8 Å². The van der Waals surface area contributed by atoms with E-state index in [-0.39, 0.29) is 22.3 Å². The molecule has 1 aromatic heterocycles.